The molecule has 1 saturated heterocycles. The lowest BCUT2D eigenvalue weighted by Gasteiger charge is -2.41. The van der Waals surface area contributed by atoms with Gasteiger partial charge < -0.3 is 4.98 Å². The number of nitrogens with zero attached hydrogens (tertiary/aromatic N) is 3. The van der Waals surface area contributed by atoms with Crippen LogP contribution in [0, 0.1) is 6.92 Å². The largest absolute Gasteiger partial charge is 0.318 e. The van der Waals surface area contributed by atoms with Gasteiger partial charge in [0.25, 0.3) is 0 Å². The Morgan fingerprint density at radius 2 is 1.88 bits per heavy atom. The summed E-state index contributed by atoms with van der Waals surface area (Å²) >= 11 is 3.43. The maximum atomic E-state index is 12.5. The first-order valence-electron chi connectivity index (χ1n) is 8.25. The number of halogens is 1. The Hall–Kier alpha value is -1.47. The van der Waals surface area contributed by atoms with E-state index in [0.717, 1.165) is 36.1 Å². The number of nitrogens with one attached hydrogen (secondary N) is 1. The average Bonchev–Trinajstić information content (AvgIpc) is 2.50. The molecule has 0 aliphatic carbocycles. The number of hydrogen-bond acceptors (Lipinski definition) is 4. The Labute approximate surface area is 149 Å². The Balaban J connectivity index is 2.07. The lowest BCUT2D eigenvalue weighted by Crippen LogP contribution is -2.48. The Kier molecular flexibility index (Phi) is 4.42. The number of pyridine rings is 1. The number of rotatable bonds is 1. The molecule has 0 radical (unpaired) electrons. The van der Waals surface area contributed by atoms with E-state index in [2.05, 4.69) is 51.6 Å². The number of piperidine rings is 1. The van der Waals surface area contributed by atoms with Crippen molar-refractivity contribution < 1.29 is 0 Å². The minimum absolute atomic E-state index is 0.00831. The van der Waals surface area contributed by atoms with Crippen LogP contribution < -0.4 is 11.1 Å². The molecule has 3 rings (SSSR count). The molecule has 1 aliphatic heterocycles. The first kappa shape index (κ1) is 17.4. The molecule has 1 aliphatic rings. The number of aryl methyl sites for hydroxylation is 1. The quantitative estimate of drug-likeness (QED) is 0.754. The van der Waals surface area contributed by atoms with Crippen LogP contribution >= 0.6 is 15.9 Å². The van der Waals surface area contributed by atoms with Crippen molar-refractivity contribution in [2.24, 2.45) is 0 Å². The number of H-pyrrole nitrogens is 1. The summed E-state index contributed by atoms with van der Waals surface area (Å²) in [4.78, 5) is 34.2. The van der Waals surface area contributed by atoms with Crippen LogP contribution in [0.4, 0.5) is 0 Å². The predicted molar refractivity (Wildman–Crippen MR) is 98.7 cm³/mol. The summed E-state index contributed by atoms with van der Waals surface area (Å²) in [7, 11) is 0. The van der Waals surface area contributed by atoms with Crippen molar-refractivity contribution in [3.05, 3.63) is 36.9 Å². The molecule has 2 aromatic rings. The van der Waals surface area contributed by atoms with Crippen LogP contribution in [0.15, 0.2) is 20.1 Å². The van der Waals surface area contributed by atoms with Crippen molar-refractivity contribution in [3.63, 3.8) is 0 Å². The van der Waals surface area contributed by atoms with Crippen molar-refractivity contribution in [1.82, 2.24) is 19.4 Å². The predicted octanol–water partition coefficient (Wildman–Crippen LogP) is 2.59. The zero-order valence-corrected chi connectivity index (χ0v) is 16.1. The lowest BCUT2D eigenvalue weighted by atomic mass is 9.98. The molecule has 0 unspecified atom stereocenters. The molecule has 0 atom stereocenters. The average molecular weight is 395 g/mol. The minimum atomic E-state index is -0.585. The first-order chi connectivity index (χ1) is 11.2. The third-order valence-corrected chi connectivity index (χ3v) is 5.60. The fourth-order valence-electron chi connectivity index (χ4n) is 3.36. The molecule has 7 heteroatoms. The molecular formula is C17H23BrN4O2. The number of fused-ring (bicyclic) bond motifs is 1. The number of aromatic nitrogens is 3. The summed E-state index contributed by atoms with van der Waals surface area (Å²) in [5.74, 6) is 0. The minimum Gasteiger partial charge on any atom is -0.315 e. The second-order valence-electron chi connectivity index (χ2n) is 7.45. The van der Waals surface area contributed by atoms with Crippen LogP contribution in [0.5, 0.6) is 0 Å². The Morgan fingerprint density at radius 3 is 2.46 bits per heavy atom. The van der Waals surface area contributed by atoms with Crippen molar-refractivity contribution in [1.29, 1.82) is 0 Å². The van der Waals surface area contributed by atoms with E-state index in [0.29, 0.717) is 11.2 Å². The molecule has 0 bridgehead atoms. The topological polar surface area (TPSA) is 71.0 Å². The summed E-state index contributed by atoms with van der Waals surface area (Å²) in [6.07, 6.45) is 1.68. The maximum absolute atomic E-state index is 12.5. The molecule has 1 N–H and O–H groups in total. The zero-order chi connectivity index (χ0) is 17.6. The van der Waals surface area contributed by atoms with E-state index in [1.54, 1.807) is 4.57 Å². The van der Waals surface area contributed by atoms with Gasteiger partial charge in [-0.3, -0.25) is 19.1 Å². The number of hydrogen-bond donors (Lipinski definition) is 1. The van der Waals surface area contributed by atoms with Crippen LogP contribution in [0.3, 0.4) is 0 Å². The standard InChI is InChI=1S/C17H23BrN4O2/c1-10-12(18)9-13-14(19-10)22(16(24)15(23)20-13)11-5-7-21(8-6-11)17(2,3)4/h9,11H,5-8H2,1-4H3,(H,20,23). The van der Waals surface area contributed by atoms with Crippen LogP contribution in [0.2, 0.25) is 0 Å². The molecule has 6 nitrogen and oxygen atoms in total. The van der Waals surface area contributed by atoms with Crippen molar-refractivity contribution in [3.8, 4) is 0 Å². The van der Waals surface area contributed by atoms with E-state index >= 15 is 0 Å². The van der Waals surface area contributed by atoms with Gasteiger partial charge in [0.2, 0.25) is 0 Å². The zero-order valence-electron chi connectivity index (χ0n) is 14.5. The van der Waals surface area contributed by atoms with E-state index in [4.69, 9.17) is 0 Å². The van der Waals surface area contributed by atoms with E-state index in [-0.39, 0.29) is 11.6 Å². The van der Waals surface area contributed by atoms with E-state index in [1.807, 2.05) is 13.0 Å². The van der Waals surface area contributed by atoms with Crippen LogP contribution in [-0.4, -0.2) is 38.1 Å². The highest BCUT2D eigenvalue weighted by Gasteiger charge is 2.29. The molecule has 0 amide bonds. The molecule has 24 heavy (non-hydrogen) atoms. The van der Waals surface area contributed by atoms with Gasteiger partial charge in [-0.2, -0.15) is 0 Å². The lowest BCUT2D eigenvalue weighted by molar-refractivity contribution is 0.0898. The summed E-state index contributed by atoms with van der Waals surface area (Å²) < 4.78 is 2.42. The molecule has 0 aromatic carbocycles. The van der Waals surface area contributed by atoms with Gasteiger partial charge in [0, 0.05) is 29.1 Å². The summed E-state index contributed by atoms with van der Waals surface area (Å²) in [5, 5.41) is 0. The second-order valence-corrected chi connectivity index (χ2v) is 8.30. The van der Waals surface area contributed by atoms with Crippen LogP contribution in [-0.2, 0) is 0 Å². The van der Waals surface area contributed by atoms with E-state index in [1.165, 1.54) is 0 Å². The highest BCUT2D eigenvalue weighted by molar-refractivity contribution is 9.10. The van der Waals surface area contributed by atoms with Crippen LogP contribution in [0.25, 0.3) is 11.2 Å². The second kappa shape index (κ2) is 6.11. The SMILES string of the molecule is Cc1nc2c(cc1Br)[nH]c(=O)c(=O)n2C1CCN(C(C)(C)C)CC1. The third-order valence-electron chi connectivity index (χ3n) is 4.80. The van der Waals surface area contributed by atoms with Crippen molar-refractivity contribution >= 4 is 27.1 Å². The van der Waals surface area contributed by atoms with E-state index in [9.17, 15) is 9.59 Å². The molecular weight excluding hydrogens is 372 g/mol. The molecule has 130 valence electrons. The molecule has 0 saturated carbocycles. The Bertz CT molecular complexity index is 886. The third kappa shape index (κ3) is 3.07. The molecule has 1 fully saturated rings. The van der Waals surface area contributed by atoms with Crippen LogP contribution in [0.1, 0.15) is 45.3 Å². The molecule has 2 aromatic heterocycles. The first-order valence-corrected chi connectivity index (χ1v) is 9.04. The normalized spacial score (nSPS) is 17.5. The van der Waals surface area contributed by atoms with Gasteiger partial charge in [-0.15, -0.1) is 0 Å². The van der Waals surface area contributed by atoms with Crippen molar-refractivity contribution in [2.75, 3.05) is 13.1 Å². The van der Waals surface area contributed by atoms with Gasteiger partial charge in [-0.1, -0.05) is 0 Å². The van der Waals surface area contributed by atoms with Gasteiger partial charge >= 0.3 is 11.1 Å². The van der Waals surface area contributed by atoms with Gasteiger partial charge in [0.05, 0.1) is 11.2 Å². The van der Waals surface area contributed by atoms with E-state index < -0.39 is 11.1 Å². The Morgan fingerprint density at radius 1 is 1.25 bits per heavy atom. The van der Waals surface area contributed by atoms with Gasteiger partial charge in [0.1, 0.15) is 0 Å². The highest BCUT2D eigenvalue weighted by atomic mass is 79.9. The van der Waals surface area contributed by atoms with Gasteiger partial charge in [-0.25, -0.2) is 4.98 Å². The summed E-state index contributed by atoms with van der Waals surface area (Å²) in [6, 6.07) is 1.83. The number of aromatic amines is 1. The smallest absolute Gasteiger partial charge is 0.315 e. The molecule has 3 heterocycles. The highest BCUT2D eigenvalue weighted by Crippen LogP contribution is 2.28. The van der Waals surface area contributed by atoms with Crippen molar-refractivity contribution in [2.45, 2.75) is 52.1 Å². The van der Waals surface area contributed by atoms with Gasteiger partial charge in [0.15, 0.2) is 5.65 Å². The summed E-state index contributed by atoms with van der Waals surface area (Å²) in [6.45, 7) is 10.3. The monoisotopic (exact) mass is 394 g/mol. The fraction of sp³-hybridized carbons (Fsp3) is 0.588. The fourth-order valence-corrected chi connectivity index (χ4v) is 3.68. The molecule has 0 spiro atoms. The van der Waals surface area contributed by atoms with Gasteiger partial charge in [-0.05, 0) is 62.5 Å². The summed E-state index contributed by atoms with van der Waals surface area (Å²) in [5.41, 5.74) is 0.982. The number of likely N-dealkylation sites (tertiary alicyclic amines) is 1. The maximum Gasteiger partial charge on any atom is 0.318 e.